The van der Waals surface area contributed by atoms with Gasteiger partial charge in [-0.1, -0.05) is 12.1 Å². The monoisotopic (exact) mass is 387 g/mol. The zero-order valence-electron chi connectivity index (χ0n) is 14.6. The Labute approximate surface area is 153 Å². The van der Waals surface area contributed by atoms with Crippen molar-refractivity contribution < 1.29 is 37.4 Å². The van der Waals surface area contributed by atoms with Crippen LogP contribution in [-0.4, -0.2) is 35.9 Å². The predicted molar refractivity (Wildman–Crippen MR) is 87.3 cm³/mol. The van der Waals surface area contributed by atoms with Crippen LogP contribution in [0, 0.1) is 5.92 Å². The minimum absolute atomic E-state index is 0.0299. The second-order valence-electron chi connectivity index (χ2n) is 6.43. The molecule has 2 rings (SSSR count). The Hall–Kier alpha value is -2.42. The molecule has 2 N–H and O–H groups in total. The number of alkyl halides is 3. The summed E-state index contributed by atoms with van der Waals surface area (Å²) in [5.74, 6) is -2.19. The number of aliphatic hydroxyl groups excluding tert-OH is 1. The van der Waals surface area contributed by atoms with Crippen molar-refractivity contribution in [1.29, 1.82) is 0 Å². The maximum absolute atomic E-state index is 12.6. The quantitative estimate of drug-likeness (QED) is 0.756. The molecule has 0 heterocycles. The number of amides is 1. The lowest BCUT2D eigenvalue weighted by molar-refractivity contribution is -0.149. The highest BCUT2D eigenvalue weighted by molar-refractivity contribution is 5.88. The van der Waals surface area contributed by atoms with Gasteiger partial charge >= 0.3 is 12.1 Å². The van der Waals surface area contributed by atoms with Crippen LogP contribution in [0.2, 0.25) is 0 Å². The number of hydrogen-bond acceptors (Lipinski definition) is 5. The molecule has 0 aliphatic heterocycles. The first-order chi connectivity index (χ1) is 12.6. The molecule has 1 saturated carbocycles. The van der Waals surface area contributed by atoms with E-state index in [4.69, 9.17) is 0 Å². The topological polar surface area (TPSA) is 92.7 Å². The van der Waals surface area contributed by atoms with Gasteiger partial charge in [0.05, 0.1) is 12.7 Å². The van der Waals surface area contributed by atoms with Crippen molar-refractivity contribution in [1.82, 2.24) is 5.32 Å². The summed E-state index contributed by atoms with van der Waals surface area (Å²) in [7, 11) is 1.14. The van der Waals surface area contributed by atoms with Crippen LogP contribution >= 0.6 is 0 Å². The Morgan fingerprint density at radius 1 is 1.26 bits per heavy atom. The number of Topliss-reactive ketones (excluding diaryl/α,β-unsaturated/α-hetero) is 1. The number of nitrogens with one attached hydrogen (secondary N) is 1. The molecule has 148 valence electrons. The molecule has 27 heavy (non-hydrogen) atoms. The molecule has 1 fully saturated rings. The summed E-state index contributed by atoms with van der Waals surface area (Å²) >= 11 is 0. The minimum atomic E-state index is -4.53. The molecule has 3 atom stereocenters. The number of ether oxygens (including phenoxy) is 1. The van der Waals surface area contributed by atoms with Crippen molar-refractivity contribution in [3.8, 4) is 0 Å². The standard InChI is InChI=1S/C18H20F3NO5/c1-27-17(26)14(11-3-2-4-13(23)9-11)22-16(25)15(24)10-5-7-12(8-6-10)18(19,20)21/h5-8,11,14-15,24H,2-4,9H2,1H3,(H,22,25)/t11-,14-,15+/m0/s1. The van der Waals surface area contributed by atoms with E-state index >= 15 is 0 Å². The van der Waals surface area contributed by atoms with E-state index in [-0.39, 0.29) is 17.8 Å². The molecule has 0 radical (unpaired) electrons. The third kappa shape index (κ3) is 5.29. The Morgan fingerprint density at radius 3 is 2.41 bits per heavy atom. The summed E-state index contributed by atoms with van der Waals surface area (Å²) in [5.41, 5.74) is -0.962. The van der Waals surface area contributed by atoms with E-state index in [2.05, 4.69) is 10.1 Å². The number of hydrogen-bond donors (Lipinski definition) is 2. The third-order valence-electron chi connectivity index (χ3n) is 4.55. The number of aliphatic hydroxyl groups is 1. The fraction of sp³-hybridized carbons (Fsp3) is 0.500. The second kappa shape index (κ2) is 8.51. The maximum Gasteiger partial charge on any atom is 0.416 e. The fourth-order valence-electron chi connectivity index (χ4n) is 3.08. The number of esters is 1. The summed E-state index contributed by atoms with van der Waals surface area (Å²) < 4.78 is 42.5. The summed E-state index contributed by atoms with van der Waals surface area (Å²) in [6, 6.07) is 2.37. The van der Waals surface area contributed by atoms with Gasteiger partial charge in [-0.05, 0) is 36.5 Å². The van der Waals surface area contributed by atoms with Crippen LogP contribution < -0.4 is 5.32 Å². The molecule has 0 aromatic heterocycles. The van der Waals surface area contributed by atoms with E-state index in [0.717, 1.165) is 31.4 Å². The van der Waals surface area contributed by atoms with Gasteiger partial charge < -0.3 is 15.2 Å². The van der Waals surface area contributed by atoms with Crippen molar-refractivity contribution in [2.45, 2.75) is 44.0 Å². The van der Waals surface area contributed by atoms with Gasteiger partial charge in [0.25, 0.3) is 5.91 Å². The highest BCUT2D eigenvalue weighted by atomic mass is 19.4. The van der Waals surface area contributed by atoms with E-state index in [1.807, 2.05) is 0 Å². The highest BCUT2D eigenvalue weighted by Crippen LogP contribution is 2.30. The molecule has 0 spiro atoms. The molecule has 0 saturated heterocycles. The van der Waals surface area contributed by atoms with Gasteiger partial charge in [0, 0.05) is 12.8 Å². The smallest absolute Gasteiger partial charge is 0.416 e. The van der Waals surface area contributed by atoms with Crippen molar-refractivity contribution in [3.63, 3.8) is 0 Å². The van der Waals surface area contributed by atoms with Crippen LogP contribution in [-0.2, 0) is 25.3 Å². The zero-order chi connectivity index (χ0) is 20.2. The number of ketones is 1. The number of carbonyl (C=O) groups excluding carboxylic acids is 3. The van der Waals surface area contributed by atoms with Crippen LogP contribution in [0.25, 0.3) is 0 Å². The van der Waals surface area contributed by atoms with Gasteiger partial charge in [0.15, 0.2) is 6.10 Å². The molecular weight excluding hydrogens is 367 g/mol. The summed E-state index contributed by atoms with van der Waals surface area (Å²) in [4.78, 5) is 36.0. The Kier molecular flexibility index (Phi) is 6.59. The molecule has 1 aliphatic rings. The van der Waals surface area contributed by atoms with Crippen LogP contribution in [0.1, 0.15) is 42.9 Å². The summed E-state index contributed by atoms with van der Waals surface area (Å²) in [6.45, 7) is 0. The van der Waals surface area contributed by atoms with Gasteiger partial charge in [-0.15, -0.1) is 0 Å². The fourth-order valence-corrected chi connectivity index (χ4v) is 3.08. The van der Waals surface area contributed by atoms with Crippen molar-refractivity contribution in [2.75, 3.05) is 7.11 Å². The van der Waals surface area contributed by atoms with Crippen molar-refractivity contribution in [3.05, 3.63) is 35.4 Å². The average Bonchev–Trinajstić information content (AvgIpc) is 2.64. The average molecular weight is 387 g/mol. The van der Waals surface area contributed by atoms with Gasteiger partial charge in [0.1, 0.15) is 11.8 Å². The molecule has 6 nitrogen and oxygen atoms in total. The minimum Gasteiger partial charge on any atom is -0.467 e. The number of benzene rings is 1. The molecule has 1 aromatic rings. The number of methoxy groups -OCH3 is 1. The molecule has 1 amide bonds. The number of carbonyl (C=O) groups is 3. The maximum atomic E-state index is 12.6. The van der Waals surface area contributed by atoms with Crippen LogP contribution in [0.5, 0.6) is 0 Å². The lowest BCUT2D eigenvalue weighted by atomic mass is 9.83. The molecule has 0 bridgehead atoms. The van der Waals surface area contributed by atoms with E-state index in [9.17, 15) is 32.7 Å². The van der Waals surface area contributed by atoms with E-state index in [0.29, 0.717) is 19.3 Å². The van der Waals surface area contributed by atoms with Crippen molar-refractivity contribution >= 4 is 17.7 Å². The predicted octanol–water partition coefficient (Wildman–Crippen LogP) is 2.16. The van der Waals surface area contributed by atoms with E-state index in [1.54, 1.807) is 0 Å². The van der Waals surface area contributed by atoms with Gasteiger partial charge in [-0.25, -0.2) is 4.79 Å². The SMILES string of the molecule is COC(=O)[C@@H](NC(=O)[C@H](O)c1ccc(C(F)(F)F)cc1)[C@H]1CCCC(=O)C1. The first-order valence-electron chi connectivity index (χ1n) is 8.38. The highest BCUT2D eigenvalue weighted by Gasteiger charge is 2.36. The van der Waals surface area contributed by atoms with Crippen molar-refractivity contribution in [2.24, 2.45) is 5.92 Å². The third-order valence-corrected chi connectivity index (χ3v) is 4.55. The number of rotatable bonds is 5. The summed E-state index contributed by atoms with van der Waals surface area (Å²) in [6.07, 6.45) is -4.67. The molecule has 1 aliphatic carbocycles. The van der Waals surface area contributed by atoms with Crippen LogP contribution in [0.4, 0.5) is 13.2 Å². The van der Waals surface area contributed by atoms with Gasteiger partial charge in [-0.2, -0.15) is 13.2 Å². The van der Waals surface area contributed by atoms with Gasteiger partial charge in [-0.3, -0.25) is 9.59 Å². The first-order valence-corrected chi connectivity index (χ1v) is 8.38. The molecule has 0 unspecified atom stereocenters. The number of halogens is 3. The Bertz CT molecular complexity index is 702. The second-order valence-corrected chi connectivity index (χ2v) is 6.43. The molecular formula is C18H20F3NO5. The van der Waals surface area contributed by atoms with Crippen LogP contribution in [0.3, 0.4) is 0 Å². The zero-order valence-corrected chi connectivity index (χ0v) is 14.6. The first kappa shape index (κ1) is 20.9. The molecule has 9 heteroatoms. The van der Waals surface area contributed by atoms with E-state index in [1.165, 1.54) is 0 Å². The summed E-state index contributed by atoms with van der Waals surface area (Å²) in [5, 5.41) is 12.5. The Balaban J connectivity index is 2.11. The largest absolute Gasteiger partial charge is 0.467 e. The normalized spacial score (nSPS) is 19.9. The Morgan fingerprint density at radius 2 is 1.89 bits per heavy atom. The molecule has 1 aromatic carbocycles. The van der Waals surface area contributed by atoms with E-state index < -0.39 is 41.7 Å². The lowest BCUT2D eigenvalue weighted by Gasteiger charge is -2.29. The van der Waals surface area contributed by atoms with Gasteiger partial charge in [0.2, 0.25) is 0 Å². The lowest BCUT2D eigenvalue weighted by Crippen LogP contribution is -2.49. The van der Waals surface area contributed by atoms with Crippen LogP contribution in [0.15, 0.2) is 24.3 Å².